The third kappa shape index (κ3) is 3.74. The molecule has 0 spiro atoms. The SMILES string of the molecule is CCCCn1nnnc1CN1C(=O)N[C@@](C)(CCc2ccccc2)C1=O. The van der Waals surface area contributed by atoms with Gasteiger partial charge in [-0.3, -0.25) is 9.69 Å². The Morgan fingerprint density at radius 3 is 2.69 bits per heavy atom. The van der Waals surface area contributed by atoms with Gasteiger partial charge < -0.3 is 5.32 Å². The molecule has 138 valence electrons. The summed E-state index contributed by atoms with van der Waals surface area (Å²) in [4.78, 5) is 26.5. The highest BCUT2D eigenvalue weighted by molar-refractivity contribution is 6.06. The standard InChI is InChI=1S/C18H24N6O2/c1-3-4-12-24-15(20-21-22-24)13-23-16(25)18(2,19-17(23)26)11-10-14-8-6-5-7-9-14/h5-9H,3-4,10-13H2,1-2H3,(H,19,26)/t18-/m0/s1. The summed E-state index contributed by atoms with van der Waals surface area (Å²) in [6.07, 6.45) is 3.21. The van der Waals surface area contributed by atoms with Crippen LogP contribution >= 0.6 is 0 Å². The number of nitrogens with zero attached hydrogens (tertiary/aromatic N) is 5. The molecule has 26 heavy (non-hydrogen) atoms. The van der Waals surface area contributed by atoms with Gasteiger partial charge in [0, 0.05) is 6.54 Å². The molecule has 2 aromatic rings. The number of imide groups is 1. The second-order valence-corrected chi connectivity index (χ2v) is 6.81. The minimum Gasteiger partial charge on any atom is -0.323 e. The van der Waals surface area contributed by atoms with Crippen LogP contribution in [0.5, 0.6) is 0 Å². The van der Waals surface area contributed by atoms with Crippen molar-refractivity contribution in [1.82, 2.24) is 30.4 Å². The molecule has 3 rings (SSSR count). The summed E-state index contributed by atoms with van der Waals surface area (Å²) in [7, 11) is 0. The number of urea groups is 1. The molecule has 1 N–H and O–H groups in total. The van der Waals surface area contributed by atoms with E-state index in [1.807, 2.05) is 30.3 Å². The first-order chi connectivity index (χ1) is 12.5. The summed E-state index contributed by atoms with van der Waals surface area (Å²) in [6.45, 7) is 4.62. The predicted octanol–water partition coefficient (Wildman–Crippen LogP) is 1.92. The summed E-state index contributed by atoms with van der Waals surface area (Å²) in [5, 5.41) is 14.4. The number of rotatable bonds is 8. The lowest BCUT2D eigenvalue weighted by Gasteiger charge is -2.21. The molecule has 3 amide bonds. The lowest BCUT2D eigenvalue weighted by molar-refractivity contribution is -0.131. The van der Waals surface area contributed by atoms with Crippen molar-refractivity contribution in [3.63, 3.8) is 0 Å². The van der Waals surface area contributed by atoms with Gasteiger partial charge in [0.05, 0.1) is 6.54 Å². The van der Waals surface area contributed by atoms with E-state index in [-0.39, 0.29) is 12.5 Å². The predicted molar refractivity (Wildman–Crippen MR) is 95.0 cm³/mol. The number of nitrogens with one attached hydrogen (secondary N) is 1. The maximum atomic E-state index is 12.9. The fourth-order valence-electron chi connectivity index (χ4n) is 3.06. The molecule has 0 unspecified atom stereocenters. The van der Waals surface area contributed by atoms with E-state index in [1.165, 1.54) is 4.90 Å². The number of hydrogen-bond acceptors (Lipinski definition) is 5. The number of unbranched alkanes of at least 4 members (excludes halogenated alkanes) is 1. The summed E-state index contributed by atoms with van der Waals surface area (Å²) in [5.74, 6) is 0.290. The molecule has 1 atom stereocenters. The number of carbonyl (C=O) groups excluding carboxylic acids is 2. The van der Waals surface area contributed by atoms with Gasteiger partial charge in [0.25, 0.3) is 5.91 Å². The smallest absolute Gasteiger partial charge is 0.323 e. The number of benzene rings is 1. The second kappa shape index (κ2) is 7.63. The first kappa shape index (κ1) is 18.0. The van der Waals surface area contributed by atoms with Crippen molar-refractivity contribution in [3.8, 4) is 0 Å². The maximum absolute atomic E-state index is 12.9. The zero-order valence-corrected chi connectivity index (χ0v) is 15.2. The van der Waals surface area contributed by atoms with Crippen molar-refractivity contribution < 1.29 is 9.59 Å². The van der Waals surface area contributed by atoms with E-state index in [2.05, 4.69) is 27.8 Å². The molecule has 1 aromatic carbocycles. The average molecular weight is 356 g/mol. The maximum Gasteiger partial charge on any atom is 0.325 e. The van der Waals surface area contributed by atoms with E-state index in [1.54, 1.807) is 11.6 Å². The number of hydrogen-bond donors (Lipinski definition) is 1. The zero-order chi connectivity index (χ0) is 18.6. The molecule has 8 heteroatoms. The third-order valence-corrected chi connectivity index (χ3v) is 4.73. The Morgan fingerprint density at radius 2 is 1.96 bits per heavy atom. The average Bonchev–Trinajstić information content (AvgIpc) is 3.17. The largest absolute Gasteiger partial charge is 0.325 e. The minimum atomic E-state index is -0.908. The van der Waals surface area contributed by atoms with Crippen molar-refractivity contribution in [1.29, 1.82) is 0 Å². The molecular weight excluding hydrogens is 332 g/mol. The summed E-state index contributed by atoms with van der Waals surface area (Å²) < 4.78 is 1.66. The molecule has 1 aromatic heterocycles. The van der Waals surface area contributed by atoms with Crippen LogP contribution in [0.15, 0.2) is 30.3 Å². The number of aromatic nitrogens is 4. The van der Waals surface area contributed by atoms with E-state index >= 15 is 0 Å². The molecule has 2 heterocycles. The monoisotopic (exact) mass is 356 g/mol. The Bertz CT molecular complexity index is 775. The lowest BCUT2D eigenvalue weighted by atomic mass is 9.93. The van der Waals surface area contributed by atoms with Gasteiger partial charge in [-0.15, -0.1) is 5.10 Å². The second-order valence-electron chi connectivity index (χ2n) is 6.81. The van der Waals surface area contributed by atoms with Gasteiger partial charge in [-0.1, -0.05) is 43.7 Å². The molecule has 0 aliphatic carbocycles. The van der Waals surface area contributed by atoms with Crippen LogP contribution in [0.4, 0.5) is 4.79 Å². The van der Waals surface area contributed by atoms with E-state index in [0.29, 0.717) is 25.2 Å². The van der Waals surface area contributed by atoms with Crippen molar-refractivity contribution in [2.45, 2.75) is 58.2 Å². The van der Waals surface area contributed by atoms with Crippen molar-refractivity contribution in [2.24, 2.45) is 0 Å². The van der Waals surface area contributed by atoms with Gasteiger partial charge in [-0.2, -0.15) is 0 Å². The van der Waals surface area contributed by atoms with Crippen LogP contribution in [0.2, 0.25) is 0 Å². The van der Waals surface area contributed by atoms with Crippen LogP contribution in [0.1, 0.15) is 44.5 Å². The Hall–Kier alpha value is -2.77. The Morgan fingerprint density at radius 1 is 1.19 bits per heavy atom. The fraction of sp³-hybridized carbons (Fsp3) is 0.500. The number of amides is 3. The third-order valence-electron chi connectivity index (χ3n) is 4.73. The van der Waals surface area contributed by atoms with Gasteiger partial charge in [0.1, 0.15) is 5.54 Å². The molecule has 1 fully saturated rings. The quantitative estimate of drug-likeness (QED) is 0.730. The molecular formula is C18H24N6O2. The first-order valence-electron chi connectivity index (χ1n) is 8.96. The molecule has 0 radical (unpaired) electrons. The van der Waals surface area contributed by atoms with Gasteiger partial charge in [0.15, 0.2) is 5.82 Å². The Balaban J connectivity index is 1.67. The number of carbonyl (C=O) groups is 2. The van der Waals surface area contributed by atoms with Crippen LogP contribution < -0.4 is 5.32 Å². The summed E-state index contributed by atoms with van der Waals surface area (Å²) in [5.41, 5.74) is 0.229. The van der Waals surface area contributed by atoms with E-state index in [9.17, 15) is 9.59 Å². The molecule has 1 saturated heterocycles. The van der Waals surface area contributed by atoms with E-state index < -0.39 is 11.6 Å². The van der Waals surface area contributed by atoms with Crippen molar-refractivity contribution >= 4 is 11.9 Å². The van der Waals surface area contributed by atoms with Gasteiger partial charge in [-0.25, -0.2) is 9.48 Å². The molecule has 0 saturated carbocycles. The minimum absolute atomic E-state index is 0.0856. The van der Waals surface area contributed by atoms with Crippen LogP contribution in [0.3, 0.4) is 0 Å². The Kier molecular flexibility index (Phi) is 5.29. The molecule has 0 bridgehead atoms. The van der Waals surface area contributed by atoms with Crippen LogP contribution in [0, 0.1) is 0 Å². The lowest BCUT2D eigenvalue weighted by Crippen LogP contribution is -2.44. The van der Waals surface area contributed by atoms with Crippen LogP contribution in [-0.4, -0.2) is 42.6 Å². The van der Waals surface area contributed by atoms with Gasteiger partial charge in [-0.05, 0) is 42.2 Å². The highest BCUT2D eigenvalue weighted by Gasteiger charge is 2.47. The fourth-order valence-corrected chi connectivity index (χ4v) is 3.06. The molecule has 1 aliphatic rings. The van der Waals surface area contributed by atoms with E-state index in [0.717, 1.165) is 18.4 Å². The van der Waals surface area contributed by atoms with Gasteiger partial charge >= 0.3 is 6.03 Å². The number of tetrazole rings is 1. The molecule has 8 nitrogen and oxygen atoms in total. The van der Waals surface area contributed by atoms with Crippen molar-refractivity contribution in [2.75, 3.05) is 0 Å². The highest BCUT2D eigenvalue weighted by atomic mass is 16.2. The Labute approximate surface area is 152 Å². The molecule has 1 aliphatic heterocycles. The van der Waals surface area contributed by atoms with Crippen molar-refractivity contribution in [3.05, 3.63) is 41.7 Å². The topological polar surface area (TPSA) is 93.0 Å². The number of aryl methyl sites for hydroxylation is 2. The van der Waals surface area contributed by atoms with Crippen LogP contribution in [0.25, 0.3) is 0 Å². The zero-order valence-electron chi connectivity index (χ0n) is 15.2. The van der Waals surface area contributed by atoms with Gasteiger partial charge in [0.2, 0.25) is 0 Å². The normalized spacial score (nSPS) is 19.8. The first-order valence-corrected chi connectivity index (χ1v) is 8.96. The van der Waals surface area contributed by atoms with E-state index in [4.69, 9.17) is 0 Å². The summed E-state index contributed by atoms with van der Waals surface area (Å²) in [6, 6.07) is 9.53. The summed E-state index contributed by atoms with van der Waals surface area (Å²) >= 11 is 0. The van der Waals surface area contributed by atoms with Crippen LogP contribution in [-0.2, 0) is 24.3 Å². The highest BCUT2D eigenvalue weighted by Crippen LogP contribution is 2.24.